The van der Waals surface area contributed by atoms with Crippen molar-refractivity contribution >= 4 is 22.6 Å². The number of rotatable bonds is 7. The number of hydrogen-bond acceptors (Lipinski definition) is 2. The number of aromatic nitrogens is 1. The Labute approximate surface area is 196 Å². The zero-order valence-corrected chi connectivity index (χ0v) is 19.5. The summed E-state index contributed by atoms with van der Waals surface area (Å²) in [7, 11) is 2.02. The second-order valence-electron chi connectivity index (χ2n) is 9.65. The lowest BCUT2D eigenvalue weighted by molar-refractivity contribution is -0.133. The zero-order chi connectivity index (χ0) is 22.8. The molecule has 2 aliphatic rings. The Bertz CT molecular complexity index is 1140. The Morgan fingerprint density at radius 1 is 0.848 bits per heavy atom. The first-order chi connectivity index (χ1) is 16.1. The number of amides is 2. The molecule has 0 unspecified atom stereocenters. The van der Waals surface area contributed by atoms with Gasteiger partial charge in [0.1, 0.15) is 6.54 Å². The summed E-state index contributed by atoms with van der Waals surface area (Å²) in [6.45, 7) is 0.771. The monoisotopic (exact) mass is 443 g/mol. The Balaban J connectivity index is 1.39. The number of aryl methyl sites for hydroxylation is 1. The van der Waals surface area contributed by atoms with Crippen LogP contribution in [0.3, 0.4) is 0 Å². The van der Waals surface area contributed by atoms with Crippen molar-refractivity contribution < 1.29 is 9.59 Å². The lowest BCUT2D eigenvalue weighted by Gasteiger charge is -2.35. The van der Waals surface area contributed by atoms with Crippen LogP contribution in [0.25, 0.3) is 10.8 Å². The quantitative estimate of drug-likeness (QED) is 0.507. The molecule has 2 amide bonds. The summed E-state index contributed by atoms with van der Waals surface area (Å²) in [5, 5.41) is 2.18. The summed E-state index contributed by atoms with van der Waals surface area (Å²) >= 11 is 0. The Kier molecular flexibility index (Phi) is 6.21. The molecule has 0 bridgehead atoms. The maximum atomic E-state index is 13.8. The molecular weight excluding hydrogens is 410 g/mol. The predicted molar refractivity (Wildman–Crippen MR) is 131 cm³/mol. The minimum Gasteiger partial charge on any atom is -0.353 e. The van der Waals surface area contributed by atoms with Crippen LogP contribution in [0.4, 0.5) is 0 Å². The van der Waals surface area contributed by atoms with Crippen LogP contribution >= 0.6 is 0 Å². The van der Waals surface area contributed by atoms with Gasteiger partial charge in [-0.2, -0.15) is 0 Å². The molecule has 0 atom stereocenters. The molecule has 2 aromatic carbocycles. The van der Waals surface area contributed by atoms with Crippen molar-refractivity contribution in [1.82, 2.24) is 14.4 Å². The Morgan fingerprint density at radius 3 is 2.27 bits per heavy atom. The number of fused-ring (bicyclic) bond motifs is 1. The molecule has 2 fully saturated rings. The average Bonchev–Trinajstić information content (AvgIpc) is 3.61. The molecule has 172 valence electrons. The van der Waals surface area contributed by atoms with Gasteiger partial charge in [-0.1, -0.05) is 49.6 Å². The third kappa shape index (κ3) is 4.82. The van der Waals surface area contributed by atoms with Crippen molar-refractivity contribution in [3.05, 3.63) is 72.1 Å². The van der Waals surface area contributed by atoms with Crippen LogP contribution < -0.4 is 0 Å². The summed E-state index contributed by atoms with van der Waals surface area (Å²) in [6.07, 6.45) is 9.54. The molecule has 0 aliphatic heterocycles. The van der Waals surface area contributed by atoms with Gasteiger partial charge in [0.15, 0.2) is 0 Å². The Hall–Kier alpha value is -3.08. The SMILES string of the molecule is Cn1cccc1CN(C(=O)CN(C(=O)c1ccc2ccccc2c1)C1CCCCC1)C1CC1. The number of carbonyl (C=O) groups excluding carboxylic acids is 2. The third-order valence-electron chi connectivity index (χ3n) is 7.27. The van der Waals surface area contributed by atoms with E-state index < -0.39 is 0 Å². The highest BCUT2D eigenvalue weighted by molar-refractivity contribution is 6.00. The van der Waals surface area contributed by atoms with E-state index in [1.807, 2.05) is 65.5 Å². The van der Waals surface area contributed by atoms with Gasteiger partial charge in [-0.15, -0.1) is 0 Å². The van der Waals surface area contributed by atoms with Gasteiger partial charge in [0, 0.05) is 36.6 Å². The van der Waals surface area contributed by atoms with Crippen molar-refractivity contribution in [2.75, 3.05) is 6.54 Å². The second-order valence-corrected chi connectivity index (χ2v) is 9.65. The van der Waals surface area contributed by atoms with E-state index in [2.05, 4.69) is 16.7 Å². The minimum atomic E-state index is -0.0179. The molecule has 1 aromatic heterocycles. The molecule has 2 saturated carbocycles. The molecule has 5 nitrogen and oxygen atoms in total. The second kappa shape index (κ2) is 9.42. The molecular formula is C28H33N3O2. The van der Waals surface area contributed by atoms with Crippen LogP contribution in [0.5, 0.6) is 0 Å². The molecule has 2 aliphatic carbocycles. The highest BCUT2D eigenvalue weighted by Gasteiger charge is 2.36. The van der Waals surface area contributed by atoms with Crippen molar-refractivity contribution in [1.29, 1.82) is 0 Å². The maximum absolute atomic E-state index is 13.8. The van der Waals surface area contributed by atoms with Crippen molar-refractivity contribution in [3.8, 4) is 0 Å². The van der Waals surface area contributed by atoms with Gasteiger partial charge >= 0.3 is 0 Å². The lowest BCUT2D eigenvalue weighted by Crippen LogP contribution is -2.48. The predicted octanol–water partition coefficient (Wildman–Crippen LogP) is 5.14. The van der Waals surface area contributed by atoms with Crippen LogP contribution in [0, 0.1) is 0 Å². The van der Waals surface area contributed by atoms with Crippen LogP contribution in [0.1, 0.15) is 61.0 Å². The molecule has 1 heterocycles. The third-order valence-corrected chi connectivity index (χ3v) is 7.27. The first-order valence-corrected chi connectivity index (χ1v) is 12.3. The van der Waals surface area contributed by atoms with Gasteiger partial charge in [0.2, 0.25) is 5.91 Å². The summed E-state index contributed by atoms with van der Waals surface area (Å²) in [4.78, 5) is 31.2. The van der Waals surface area contributed by atoms with Crippen LogP contribution in [0.15, 0.2) is 60.8 Å². The summed E-state index contributed by atoms with van der Waals surface area (Å²) in [6, 6.07) is 18.5. The maximum Gasteiger partial charge on any atom is 0.254 e. The standard InChI is InChI=1S/C28H33N3O2/c1-29-17-7-12-26(29)19-30(25-15-16-25)27(32)20-31(24-10-3-2-4-11-24)28(33)23-14-13-21-8-5-6-9-22(21)18-23/h5-9,12-14,17-18,24-25H,2-4,10-11,15-16,19-20H2,1H3. The highest BCUT2D eigenvalue weighted by atomic mass is 16.2. The molecule has 0 radical (unpaired) electrons. The molecule has 3 aromatic rings. The van der Waals surface area contributed by atoms with Gasteiger partial charge in [0.25, 0.3) is 5.91 Å². The minimum absolute atomic E-state index is 0.0179. The molecule has 0 saturated heterocycles. The first-order valence-electron chi connectivity index (χ1n) is 12.3. The zero-order valence-electron chi connectivity index (χ0n) is 19.5. The molecule has 5 rings (SSSR count). The number of benzene rings is 2. The van der Waals surface area contributed by atoms with Gasteiger partial charge in [-0.3, -0.25) is 9.59 Å². The van der Waals surface area contributed by atoms with E-state index in [0.29, 0.717) is 18.2 Å². The number of hydrogen-bond donors (Lipinski definition) is 0. The van der Waals surface area contributed by atoms with Gasteiger partial charge in [-0.25, -0.2) is 0 Å². The number of carbonyl (C=O) groups is 2. The van der Waals surface area contributed by atoms with Crippen LogP contribution in [0.2, 0.25) is 0 Å². The average molecular weight is 444 g/mol. The lowest BCUT2D eigenvalue weighted by atomic mass is 9.93. The van der Waals surface area contributed by atoms with E-state index in [1.165, 1.54) is 6.42 Å². The summed E-state index contributed by atoms with van der Waals surface area (Å²) in [5.41, 5.74) is 1.80. The number of nitrogens with zero attached hydrogens (tertiary/aromatic N) is 3. The summed E-state index contributed by atoms with van der Waals surface area (Å²) < 4.78 is 2.07. The van der Waals surface area contributed by atoms with Gasteiger partial charge < -0.3 is 14.4 Å². The van der Waals surface area contributed by atoms with Crippen molar-refractivity contribution in [2.24, 2.45) is 7.05 Å². The molecule has 5 heteroatoms. The fourth-order valence-electron chi connectivity index (χ4n) is 5.13. The van der Waals surface area contributed by atoms with Gasteiger partial charge in [0.05, 0.1) is 6.54 Å². The fraction of sp³-hybridized carbons (Fsp3) is 0.429. The van der Waals surface area contributed by atoms with E-state index in [4.69, 9.17) is 0 Å². The van der Waals surface area contributed by atoms with E-state index in [1.54, 1.807) is 0 Å². The van der Waals surface area contributed by atoms with E-state index >= 15 is 0 Å². The molecule has 0 N–H and O–H groups in total. The van der Waals surface area contributed by atoms with E-state index in [0.717, 1.165) is 55.0 Å². The summed E-state index contributed by atoms with van der Waals surface area (Å²) in [5.74, 6) is 0.0500. The fourth-order valence-corrected chi connectivity index (χ4v) is 5.13. The van der Waals surface area contributed by atoms with Crippen LogP contribution in [-0.2, 0) is 18.4 Å². The smallest absolute Gasteiger partial charge is 0.254 e. The molecule has 0 spiro atoms. The Morgan fingerprint density at radius 2 is 1.58 bits per heavy atom. The first kappa shape index (κ1) is 21.7. The normalized spacial score (nSPS) is 16.6. The van der Waals surface area contributed by atoms with Crippen molar-refractivity contribution in [3.63, 3.8) is 0 Å². The largest absolute Gasteiger partial charge is 0.353 e. The van der Waals surface area contributed by atoms with Gasteiger partial charge in [-0.05, 0) is 60.7 Å². The van der Waals surface area contributed by atoms with E-state index in [-0.39, 0.29) is 24.4 Å². The molecule has 33 heavy (non-hydrogen) atoms. The van der Waals surface area contributed by atoms with E-state index in [9.17, 15) is 9.59 Å². The highest BCUT2D eigenvalue weighted by Crippen LogP contribution is 2.30. The van der Waals surface area contributed by atoms with Crippen LogP contribution in [-0.4, -0.2) is 44.8 Å². The van der Waals surface area contributed by atoms with Crippen molar-refractivity contribution in [2.45, 2.75) is 63.6 Å². The topological polar surface area (TPSA) is 45.6 Å².